The number of benzene rings is 1. The van der Waals surface area contributed by atoms with Gasteiger partial charge < -0.3 is 10.0 Å². The highest BCUT2D eigenvalue weighted by molar-refractivity contribution is 5.96. The number of nitrogens with zero attached hydrogens (tertiary/aromatic N) is 3. The molecule has 2 aromatic rings. The Balaban J connectivity index is 2.11. The number of aliphatic hydroxyl groups excluding tert-OH is 1. The summed E-state index contributed by atoms with van der Waals surface area (Å²) in [7, 11) is 0. The Kier molecular flexibility index (Phi) is 3.47. The van der Waals surface area contributed by atoms with Gasteiger partial charge in [-0.05, 0) is 19.4 Å². The molecule has 1 aromatic carbocycles. The van der Waals surface area contributed by atoms with Gasteiger partial charge in [-0.2, -0.15) is 0 Å². The van der Waals surface area contributed by atoms with Crippen molar-refractivity contribution in [2.24, 2.45) is 5.92 Å². The van der Waals surface area contributed by atoms with E-state index in [0.29, 0.717) is 18.8 Å². The van der Waals surface area contributed by atoms with E-state index in [2.05, 4.69) is 4.98 Å². The Morgan fingerprint density at radius 3 is 2.90 bits per heavy atom. The molecular weight excluding hydrogens is 270 g/mol. The number of rotatable bonds is 3. The SMILES string of the molecule is CC(O)C1CCN(c2c([N+](=O)[O-])cnc3ccccc23)C1. The average Bonchev–Trinajstić information content (AvgIpc) is 2.95. The van der Waals surface area contributed by atoms with Crippen molar-refractivity contribution in [3.63, 3.8) is 0 Å². The lowest BCUT2D eigenvalue weighted by Gasteiger charge is -2.21. The van der Waals surface area contributed by atoms with Crippen molar-refractivity contribution in [3.05, 3.63) is 40.6 Å². The lowest BCUT2D eigenvalue weighted by Crippen LogP contribution is -2.24. The molecule has 6 heteroatoms. The summed E-state index contributed by atoms with van der Waals surface area (Å²) in [5.41, 5.74) is 1.40. The first-order chi connectivity index (χ1) is 10.1. The molecule has 1 saturated heterocycles. The largest absolute Gasteiger partial charge is 0.393 e. The smallest absolute Gasteiger partial charge is 0.311 e. The molecule has 2 heterocycles. The first-order valence-electron chi connectivity index (χ1n) is 7.03. The Bertz CT molecular complexity index is 687. The Morgan fingerprint density at radius 2 is 2.24 bits per heavy atom. The van der Waals surface area contributed by atoms with Crippen LogP contribution in [0.2, 0.25) is 0 Å². The minimum Gasteiger partial charge on any atom is -0.393 e. The van der Waals surface area contributed by atoms with Crippen LogP contribution < -0.4 is 4.90 Å². The standard InChI is InChI=1S/C15H17N3O3/c1-10(19)11-6-7-17(9-11)15-12-4-2-3-5-13(12)16-8-14(15)18(20)21/h2-5,8,10-11,19H,6-7,9H2,1H3. The van der Waals surface area contributed by atoms with E-state index in [4.69, 9.17) is 0 Å². The molecule has 110 valence electrons. The Labute approximate surface area is 122 Å². The summed E-state index contributed by atoms with van der Waals surface area (Å²) in [6.45, 7) is 3.12. The summed E-state index contributed by atoms with van der Waals surface area (Å²) in [5.74, 6) is 0.150. The van der Waals surface area contributed by atoms with Crippen LogP contribution in [-0.2, 0) is 0 Å². The van der Waals surface area contributed by atoms with Gasteiger partial charge in [-0.15, -0.1) is 0 Å². The second-order valence-electron chi connectivity index (χ2n) is 5.50. The zero-order valence-electron chi connectivity index (χ0n) is 11.8. The molecule has 1 N–H and O–H groups in total. The predicted molar refractivity (Wildman–Crippen MR) is 80.4 cm³/mol. The minimum absolute atomic E-state index is 0.0277. The summed E-state index contributed by atoms with van der Waals surface area (Å²) in [6.07, 6.45) is 1.76. The van der Waals surface area contributed by atoms with Crippen molar-refractivity contribution in [2.75, 3.05) is 18.0 Å². The summed E-state index contributed by atoms with van der Waals surface area (Å²) in [6, 6.07) is 7.44. The number of hydrogen-bond acceptors (Lipinski definition) is 5. The molecule has 0 spiro atoms. The fourth-order valence-corrected chi connectivity index (χ4v) is 2.97. The lowest BCUT2D eigenvalue weighted by molar-refractivity contribution is -0.384. The maximum Gasteiger partial charge on any atom is 0.311 e. The third-order valence-electron chi connectivity index (χ3n) is 4.15. The van der Waals surface area contributed by atoms with Gasteiger partial charge in [0.2, 0.25) is 0 Å². The Morgan fingerprint density at radius 1 is 1.48 bits per heavy atom. The van der Waals surface area contributed by atoms with Gasteiger partial charge in [0.05, 0.1) is 16.5 Å². The molecule has 2 atom stereocenters. The zero-order chi connectivity index (χ0) is 15.0. The number of aliphatic hydroxyl groups is 1. The van der Waals surface area contributed by atoms with E-state index in [1.807, 2.05) is 29.2 Å². The maximum atomic E-state index is 11.3. The highest BCUT2D eigenvalue weighted by Gasteiger charge is 2.31. The monoisotopic (exact) mass is 287 g/mol. The zero-order valence-corrected chi connectivity index (χ0v) is 11.8. The quantitative estimate of drug-likeness (QED) is 0.692. The van der Waals surface area contributed by atoms with E-state index in [0.717, 1.165) is 17.3 Å². The summed E-state index contributed by atoms with van der Waals surface area (Å²) < 4.78 is 0. The van der Waals surface area contributed by atoms with Gasteiger partial charge in [0.1, 0.15) is 11.9 Å². The van der Waals surface area contributed by atoms with Crippen LogP contribution in [0.4, 0.5) is 11.4 Å². The van der Waals surface area contributed by atoms with E-state index in [1.165, 1.54) is 6.20 Å². The number of nitro groups is 1. The van der Waals surface area contributed by atoms with Crippen LogP contribution in [-0.4, -0.2) is 34.2 Å². The summed E-state index contributed by atoms with van der Waals surface area (Å²) in [5, 5.41) is 21.9. The predicted octanol–water partition coefficient (Wildman–Crippen LogP) is 2.35. The normalized spacial score (nSPS) is 19.9. The number of aromatic nitrogens is 1. The molecule has 1 fully saturated rings. The third kappa shape index (κ3) is 2.42. The maximum absolute atomic E-state index is 11.3. The second kappa shape index (κ2) is 5.29. The topological polar surface area (TPSA) is 79.5 Å². The van der Waals surface area contributed by atoms with Gasteiger partial charge >= 0.3 is 5.69 Å². The molecule has 1 aliphatic rings. The van der Waals surface area contributed by atoms with Crippen molar-refractivity contribution in [3.8, 4) is 0 Å². The van der Waals surface area contributed by atoms with Crippen LogP contribution in [0.3, 0.4) is 0 Å². The molecule has 0 saturated carbocycles. The van der Waals surface area contributed by atoms with Crippen LogP contribution in [0.15, 0.2) is 30.5 Å². The number of para-hydroxylation sites is 1. The summed E-state index contributed by atoms with van der Waals surface area (Å²) in [4.78, 5) is 17.1. The molecular formula is C15H17N3O3. The van der Waals surface area contributed by atoms with Crippen molar-refractivity contribution in [2.45, 2.75) is 19.4 Å². The molecule has 0 bridgehead atoms. The van der Waals surface area contributed by atoms with Crippen molar-refractivity contribution >= 4 is 22.3 Å². The van der Waals surface area contributed by atoms with E-state index >= 15 is 0 Å². The van der Waals surface area contributed by atoms with E-state index < -0.39 is 6.10 Å². The van der Waals surface area contributed by atoms with E-state index in [1.54, 1.807) is 6.92 Å². The van der Waals surface area contributed by atoms with Gasteiger partial charge in [0.15, 0.2) is 0 Å². The highest BCUT2D eigenvalue weighted by atomic mass is 16.6. The van der Waals surface area contributed by atoms with E-state index in [-0.39, 0.29) is 16.5 Å². The molecule has 2 unspecified atom stereocenters. The van der Waals surface area contributed by atoms with Crippen LogP contribution >= 0.6 is 0 Å². The van der Waals surface area contributed by atoms with Gasteiger partial charge in [-0.1, -0.05) is 18.2 Å². The number of anilines is 1. The average molecular weight is 287 g/mol. The van der Waals surface area contributed by atoms with Gasteiger partial charge in [-0.3, -0.25) is 10.1 Å². The van der Waals surface area contributed by atoms with Crippen molar-refractivity contribution in [1.82, 2.24) is 4.98 Å². The van der Waals surface area contributed by atoms with Crippen molar-refractivity contribution < 1.29 is 10.0 Å². The van der Waals surface area contributed by atoms with Crippen molar-refractivity contribution in [1.29, 1.82) is 0 Å². The van der Waals surface area contributed by atoms with Gasteiger partial charge in [0, 0.05) is 24.4 Å². The molecule has 0 amide bonds. The molecule has 21 heavy (non-hydrogen) atoms. The summed E-state index contributed by atoms with van der Waals surface area (Å²) >= 11 is 0. The van der Waals surface area contributed by atoms with Crippen LogP contribution in [0.1, 0.15) is 13.3 Å². The van der Waals surface area contributed by atoms with Crippen LogP contribution in [0.25, 0.3) is 10.9 Å². The first-order valence-corrected chi connectivity index (χ1v) is 7.03. The highest BCUT2D eigenvalue weighted by Crippen LogP contribution is 2.37. The minimum atomic E-state index is -0.401. The molecule has 3 rings (SSSR count). The first kappa shape index (κ1) is 13.8. The second-order valence-corrected chi connectivity index (χ2v) is 5.50. The fourth-order valence-electron chi connectivity index (χ4n) is 2.97. The van der Waals surface area contributed by atoms with Crippen LogP contribution in [0.5, 0.6) is 0 Å². The third-order valence-corrected chi connectivity index (χ3v) is 4.15. The molecule has 0 aliphatic carbocycles. The Hall–Kier alpha value is -2.21. The fraction of sp³-hybridized carbons (Fsp3) is 0.400. The lowest BCUT2D eigenvalue weighted by atomic mass is 10.0. The molecule has 1 aromatic heterocycles. The van der Waals surface area contributed by atoms with E-state index in [9.17, 15) is 15.2 Å². The molecule has 6 nitrogen and oxygen atoms in total. The number of hydrogen-bond donors (Lipinski definition) is 1. The van der Waals surface area contributed by atoms with Gasteiger partial charge in [-0.25, -0.2) is 4.98 Å². The number of fused-ring (bicyclic) bond motifs is 1. The number of pyridine rings is 1. The van der Waals surface area contributed by atoms with Gasteiger partial charge in [0.25, 0.3) is 0 Å². The molecule has 0 radical (unpaired) electrons. The van der Waals surface area contributed by atoms with Crippen LogP contribution in [0, 0.1) is 16.0 Å². The molecule has 1 aliphatic heterocycles.